The van der Waals surface area contributed by atoms with Crippen LogP contribution in [0, 0.1) is 11.6 Å². The molecule has 0 saturated carbocycles. The molecule has 0 spiro atoms. The number of methoxy groups -OCH3 is 1. The predicted octanol–water partition coefficient (Wildman–Crippen LogP) is 4.26. The van der Waals surface area contributed by atoms with E-state index in [0.717, 1.165) is 17.2 Å². The van der Waals surface area contributed by atoms with Crippen molar-refractivity contribution < 1.29 is 26.7 Å². The van der Waals surface area contributed by atoms with E-state index in [1.165, 1.54) is 40.2 Å². The molecule has 0 bridgehead atoms. The van der Waals surface area contributed by atoms with Crippen LogP contribution in [-0.2, 0) is 21.2 Å². The van der Waals surface area contributed by atoms with Gasteiger partial charge in [0.2, 0.25) is 15.9 Å². The van der Waals surface area contributed by atoms with Crippen LogP contribution in [0.4, 0.5) is 8.78 Å². The number of nitrogens with zero attached hydrogens (tertiary/aromatic N) is 4. The molecule has 5 aromatic rings. The maximum Gasteiger partial charge on any atom is 0.266 e. The first-order valence-electron chi connectivity index (χ1n) is 14.6. The second-order valence-corrected chi connectivity index (χ2v) is 12.7. The number of nitrogens with one attached hydrogen (secondary N) is 1. The van der Waals surface area contributed by atoms with Crippen molar-refractivity contribution in [1.29, 1.82) is 0 Å². The summed E-state index contributed by atoms with van der Waals surface area (Å²) in [6.07, 6.45) is 1.76. The summed E-state index contributed by atoms with van der Waals surface area (Å²) >= 11 is 0. The molecule has 2 aromatic heterocycles. The Kier molecular flexibility index (Phi) is 8.91. The fourth-order valence-electron chi connectivity index (χ4n) is 5.53. The number of hydrogen-bond acceptors (Lipinski definition) is 8. The van der Waals surface area contributed by atoms with Crippen molar-refractivity contribution in [1.82, 2.24) is 24.2 Å². The number of halogens is 2. The van der Waals surface area contributed by atoms with Crippen LogP contribution in [0.3, 0.4) is 0 Å². The van der Waals surface area contributed by atoms with E-state index in [1.807, 2.05) is 6.07 Å². The average Bonchev–Trinajstić information content (AvgIpc) is 3.07. The molecule has 1 aliphatic heterocycles. The fourth-order valence-corrected chi connectivity index (χ4v) is 6.94. The van der Waals surface area contributed by atoms with Gasteiger partial charge in [-0.3, -0.25) is 9.36 Å². The normalized spacial score (nSPS) is 14.8. The lowest BCUT2D eigenvalue weighted by Gasteiger charge is -2.26. The van der Waals surface area contributed by atoms with Crippen LogP contribution in [-0.4, -0.2) is 67.7 Å². The minimum atomic E-state index is -3.77. The molecule has 1 unspecified atom stereocenters. The number of sulfonamides is 1. The standard InChI is InChI=1S/C33H31F2N5O5S/c1-36-30(17-21-15-24(34)19-25(35)16-21)32-38-29-18-22(23-4-10-31(44-2)37-20-23)3-9-28(29)33(41)40(32)26-5-7-27(8-6-26)46(42,43)39-11-13-45-14-12-39/h3-10,15-16,18-20,30,36H,11-14,17H2,1-2H3. The number of fused-ring (bicyclic) bond motifs is 1. The van der Waals surface area contributed by atoms with Crippen LogP contribution in [0.1, 0.15) is 17.4 Å². The summed E-state index contributed by atoms with van der Waals surface area (Å²) in [7, 11) is -0.573. The van der Waals surface area contributed by atoms with Crippen LogP contribution >= 0.6 is 0 Å². The SMILES string of the molecule is CNC(Cc1cc(F)cc(F)c1)c1nc2cc(-c3ccc(OC)nc3)ccc2c(=O)n1-c1ccc(S(=O)(=O)N2CCOCC2)cc1. The van der Waals surface area contributed by atoms with Gasteiger partial charge in [-0.05, 0) is 79.2 Å². The summed E-state index contributed by atoms with van der Waals surface area (Å²) in [4.78, 5) is 23.5. The molecule has 0 radical (unpaired) electrons. The van der Waals surface area contributed by atoms with E-state index < -0.39 is 33.3 Å². The van der Waals surface area contributed by atoms with E-state index in [2.05, 4.69) is 10.3 Å². The zero-order chi connectivity index (χ0) is 32.4. The van der Waals surface area contributed by atoms with E-state index in [9.17, 15) is 22.0 Å². The number of likely N-dealkylation sites (N-methyl/N-ethyl adjacent to an activating group) is 1. The minimum absolute atomic E-state index is 0.0830. The fraction of sp³-hybridized carbons (Fsp3) is 0.242. The molecular weight excluding hydrogens is 616 g/mol. The molecule has 10 nitrogen and oxygen atoms in total. The maximum absolute atomic E-state index is 14.2. The summed E-state index contributed by atoms with van der Waals surface area (Å²) in [5.74, 6) is -0.701. The molecule has 1 fully saturated rings. The first kappa shape index (κ1) is 31.4. The molecule has 238 valence electrons. The Labute approximate surface area is 264 Å². The number of pyridine rings is 1. The van der Waals surface area contributed by atoms with Gasteiger partial charge in [-0.1, -0.05) is 6.07 Å². The van der Waals surface area contributed by atoms with Gasteiger partial charge in [0.15, 0.2) is 0 Å². The third-order valence-electron chi connectivity index (χ3n) is 7.90. The molecule has 46 heavy (non-hydrogen) atoms. The number of aromatic nitrogens is 3. The highest BCUT2D eigenvalue weighted by Crippen LogP contribution is 2.27. The molecule has 1 aliphatic rings. The van der Waals surface area contributed by atoms with Crippen LogP contribution in [0.15, 0.2) is 88.7 Å². The zero-order valence-electron chi connectivity index (χ0n) is 25.1. The molecule has 6 rings (SSSR count). The second kappa shape index (κ2) is 13.0. The van der Waals surface area contributed by atoms with E-state index in [-0.39, 0.29) is 30.2 Å². The van der Waals surface area contributed by atoms with E-state index in [4.69, 9.17) is 14.5 Å². The maximum atomic E-state index is 14.2. The summed E-state index contributed by atoms with van der Waals surface area (Å²) in [5.41, 5.74) is 2.31. The third-order valence-corrected chi connectivity index (χ3v) is 9.81. The van der Waals surface area contributed by atoms with Crippen molar-refractivity contribution in [2.75, 3.05) is 40.5 Å². The molecule has 3 heterocycles. The van der Waals surface area contributed by atoms with Crippen molar-refractivity contribution in [3.05, 3.63) is 112 Å². The summed E-state index contributed by atoms with van der Waals surface area (Å²) in [6, 6.07) is 17.4. The molecular formula is C33H31F2N5O5S. The molecule has 13 heteroatoms. The van der Waals surface area contributed by atoms with Crippen molar-refractivity contribution in [2.45, 2.75) is 17.4 Å². The molecule has 1 saturated heterocycles. The van der Waals surface area contributed by atoms with Gasteiger partial charge >= 0.3 is 0 Å². The Hall–Kier alpha value is -4.56. The number of hydrogen-bond donors (Lipinski definition) is 1. The van der Waals surface area contributed by atoms with Crippen LogP contribution < -0.4 is 15.6 Å². The minimum Gasteiger partial charge on any atom is -0.481 e. The summed E-state index contributed by atoms with van der Waals surface area (Å²) < 4.78 is 68.0. The Bertz CT molecular complexity index is 2030. The smallest absolute Gasteiger partial charge is 0.266 e. The van der Waals surface area contributed by atoms with E-state index >= 15 is 0 Å². The lowest BCUT2D eigenvalue weighted by Crippen LogP contribution is -2.40. The van der Waals surface area contributed by atoms with Gasteiger partial charge in [0.25, 0.3) is 5.56 Å². The lowest BCUT2D eigenvalue weighted by molar-refractivity contribution is 0.0730. The Morgan fingerprint density at radius 2 is 1.65 bits per heavy atom. The summed E-state index contributed by atoms with van der Waals surface area (Å²) in [5, 5.41) is 3.46. The van der Waals surface area contributed by atoms with Crippen molar-refractivity contribution in [3.63, 3.8) is 0 Å². The van der Waals surface area contributed by atoms with Crippen molar-refractivity contribution in [2.24, 2.45) is 0 Å². The first-order valence-corrected chi connectivity index (χ1v) is 16.0. The van der Waals surface area contributed by atoms with Gasteiger partial charge in [0.1, 0.15) is 17.5 Å². The monoisotopic (exact) mass is 647 g/mol. The van der Waals surface area contributed by atoms with Crippen molar-refractivity contribution in [3.8, 4) is 22.7 Å². The number of rotatable bonds is 9. The van der Waals surface area contributed by atoms with Gasteiger partial charge in [-0.15, -0.1) is 0 Å². The second-order valence-electron chi connectivity index (χ2n) is 10.8. The lowest BCUT2D eigenvalue weighted by atomic mass is 10.0. The Morgan fingerprint density at radius 3 is 2.28 bits per heavy atom. The van der Waals surface area contributed by atoms with E-state index in [0.29, 0.717) is 41.2 Å². The molecule has 0 amide bonds. The van der Waals surface area contributed by atoms with Gasteiger partial charge in [-0.2, -0.15) is 4.31 Å². The highest BCUT2D eigenvalue weighted by atomic mass is 32.2. The topological polar surface area (TPSA) is 116 Å². The van der Waals surface area contributed by atoms with Crippen LogP contribution in [0.25, 0.3) is 27.7 Å². The van der Waals surface area contributed by atoms with Crippen molar-refractivity contribution >= 4 is 20.9 Å². The number of ether oxygens (including phenoxy) is 2. The quantitative estimate of drug-likeness (QED) is 0.253. The number of benzene rings is 3. The molecule has 3 aromatic carbocycles. The highest BCUT2D eigenvalue weighted by Gasteiger charge is 2.27. The predicted molar refractivity (Wildman–Crippen MR) is 169 cm³/mol. The Balaban J connectivity index is 1.48. The molecule has 1 N–H and O–H groups in total. The van der Waals surface area contributed by atoms with Gasteiger partial charge in [0.05, 0.1) is 47.9 Å². The van der Waals surface area contributed by atoms with E-state index in [1.54, 1.807) is 49.6 Å². The first-order chi connectivity index (χ1) is 22.2. The molecule has 0 aliphatic carbocycles. The van der Waals surface area contributed by atoms with Gasteiger partial charge < -0.3 is 14.8 Å². The van der Waals surface area contributed by atoms with Gasteiger partial charge in [-0.25, -0.2) is 27.2 Å². The third kappa shape index (κ3) is 6.27. The van der Waals surface area contributed by atoms with Crippen LogP contribution in [0.2, 0.25) is 0 Å². The largest absolute Gasteiger partial charge is 0.481 e. The average molecular weight is 648 g/mol. The van der Waals surface area contributed by atoms with Crippen LogP contribution in [0.5, 0.6) is 5.88 Å². The highest BCUT2D eigenvalue weighted by molar-refractivity contribution is 7.89. The molecule has 1 atom stereocenters. The number of morpholine rings is 1. The Morgan fingerprint density at radius 1 is 0.957 bits per heavy atom. The summed E-state index contributed by atoms with van der Waals surface area (Å²) in [6.45, 7) is 1.13. The van der Waals surface area contributed by atoms with Gasteiger partial charge in [0, 0.05) is 37.0 Å². The zero-order valence-corrected chi connectivity index (χ0v) is 25.9.